The van der Waals surface area contributed by atoms with Gasteiger partial charge in [-0.1, -0.05) is 12.1 Å². The van der Waals surface area contributed by atoms with E-state index in [9.17, 15) is 26.4 Å². The van der Waals surface area contributed by atoms with Gasteiger partial charge < -0.3 is 10.1 Å². The molecular weight excluding hydrogens is 347 g/mol. The first-order valence-corrected chi connectivity index (χ1v) is 8.89. The average molecular weight is 367 g/mol. The van der Waals surface area contributed by atoms with Crippen molar-refractivity contribution in [2.45, 2.75) is 44.1 Å². The minimum Gasteiger partial charge on any atom is -0.406 e. The van der Waals surface area contributed by atoms with Crippen molar-refractivity contribution in [3.63, 3.8) is 0 Å². The summed E-state index contributed by atoms with van der Waals surface area (Å²) in [6.07, 6.45) is -4.39. The molecule has 0 aromatic heterocycles. The summed E-state index contributed by atoms with van der Waals surface area (Å²) in [6.45, 7) is 4.51. The lowest BCUT2D eigenvalue weighted by molar-refractivity contribution is -0.274. The zero-order valence-corrected chi connectivity index (χ0v) is 14.4. The maximum Gasteiger partial charge on any atom is 0.573 e. The molecule has 0 aliphatic carbocycles. The number of ether oxygens (including phenoxy) is 1. The van der Waals surface area contributed by atoms with Crippen LogP contribution >= 0.6 is 0 Å². The molecule has 1 unspecified atom stereocenters. The summed E-state index contributed by atoms with van der Waals surface area (Å²) in [4.78, 5) is 11.9. The molecule has 136 valence electrons. The van der Waals surface area contributed by atoms with Crippen LogP contribution in [-0.2, 0) is 21.1 Å². The maximum atomic E-state index is 12.0. The van der Waals surface area contributed by atoms with Gasteiger partial charge in [-0.15, -0.1) is 13.2 Å². The summed E-state index contributed by atoms with van der Waals surface area (Å²) in [5.41, 5.74) is 0.684. The summed E-state index contributed by atoms with van der Waals surface area (Å²) >= 11 is 0. The molecule has 1 atom stereocenters. The van der Waals surface area contributed by atoms with Gasteiger partial charge in [0.1, 0.15) is 11.0 Å². The normalized spacial score (nSPS) is 13.6. The highest BCUT2D eigenvalue weighted by atomic mass is 32.2. The number of hydrogen-bond donors (Lipinski definition) is 1. The lowest BCUT2D eigenvalue weighted by Crippen LogP contribution is -2.41. The summed E-state index contributed by atoms with van der Waals surface area (Å²) in [5, 5.41) is 0.709. The largest absolute Gasteiger partial charge is 0.573 e. The number of nitrogens with one attached hydrogen (secondary N) is 1. The summed E-state index contributed by atoms with van der Waals surface area (Å²) in [5.74, 6) is -0.923. The molecule has 24 heavy (non-hydrogen) atoms. The van der Waals surface area contributed by atoms with E-state index in [1.807, 2.05) is 0 Å². The minimum absolute atomic E-state index is 0.177. The molecule has 0 saturated carbocycles. The van der Waals surface area contributed by atoms with E-state index < -0.39 is 32.6 Å². The van der Waals surface area contributed by atoms with Crippen molar-refractivity contribution in [2.24, 2.45) is 0 Å². The van der Waals surface area contributed by atoms with Gasteiger partial charge in [-0.2, -0.15) is 0 Å². The minimum atomic E-state index is -4.74. The summed E-state index contributed by atoms with van der Waals surface area (Å²) in [6, 6.07) is 5.25. The van der Waals surface area contributed by atoms with E-state index in [-0.39, 0.29) is 12.3 Å². The Morgan fingerprint density at radius 1 is 1.17 bits per heavy atom. The number of benzene rings is 1. The van der Waals surface area contributed by atoms with Crippen LogP contribution < -0.4 is 10.1 Å². The quantitative estimate of drug-likeness (QED) is 0.804. The van der Waals surface area contributed by atoms with Gasteiger partial charge in [-0.3, -0.25) is 4.79 Å². The molecule has 0 saturated heterocycles. The molecule has 1 aromatic rings. The van der Waals surface area contributed by atoms with Gasteiger partial charge in [0.15, 0.2) is 9.84 Å². The van der Waals surface area contributed by atoms with Crippen molar-refractivity contribution in [3.8, 4) is 5.75 Å². The Morgan fingerprint density at radius 2 is 1.71 bits per heavy atom. The van der Waals surface area contributed by atoms with Crippen molar-refractivity contribution in [3.05, 3.63) is 29.8 Å². The van der Waals surface area contributed by atoms with Crippen molar-refractivity contribution in [1.82, 2.24) is 5.32 Å². The van der Waals surface area contributed by atoms with Gasteiger partial charge in [0.2, 0.25) is 5.91 Å². The van der Waals surface area contributed by atoms with E-state index in [0.717, 1.165) is 0 Å². The van der Waals surface area contributed by atoms with Crippen LogP contribution in [0.15, 0.2) is 24.3 Å². The van der Waals surface area contributed by atoms with Crippen LogP contribution in [0.2, 0.25) is 0 Å². The molecule has 9 heteroatoms. The molecular formula is C15H20F3NO4S. The molecule has 1 amide bonds. The first-order chi connectivity index (χ1) is 10.9. The number of amides is 1. The Bertz CT molecular complexity index is 654. The van der Waals surface area contributed by atoms with Crippen molar-refractivity contribution >= 4 is 15.7 Å². The third-order valence-electron chi connectivity index (χ3n) is 3.39. The topological polar surface area (TPSA) is 72.5 Å². The van der Waals surface area contributed by atoms with E-state index in [0.29, 0.717) is 12.0 Å². The molecule has 0 heterocycles. The second kappa shape index (κ2) is 7.87. The molecule has 0 radical (unpaired) electrons. The molecule has 1 rings (SSSR count). The van der Waals surface area contributed by atoms with E-state index in [2.05, 4.69) is 10.1 Å². The van der Waals surface area contributed by atoms with E-state index in [4.69, 9.17) is 0 Å². The number of carbonyl (C=O) groups excluding carboxylic acids is 1. The average Bonchev–Trinajstić information content (AvgIpc) is 2.46. The van der Waals surface area contributed by atoms with E-state index >= 15 is 0 Å². The predicted molar refractivity (Wildman–Crippen MR) is 83.4 cm³/mol. The lowest BCUT2D eigenvalue weighted by atomic mass is 10.1. The summed E-state index contributed by atoms with van der Waals surface area (Å²) < 4.78 is 63.7. The number of sulfone groups is 1. The Morgan fingerprint density at radius 3 is 2.17 bits per heavy atom. The number of hydrogen-bond acceptors (Lipinski definition) is 4. The predicted octanol–water partition coefficient (Wildman–Crippen LogP) is 2.46. The highest BCUT2D eigenvalue weighted by Crippen LogP contribution is 2.22. The third kappa shape index (κ3) is 6.03. The highest BCUT2D eigenvalue weighted by Gasteiger charge is 2.31. The van der Waals surface area contributed by atoms with Gasteiger partial charge >= 0.3 is 6.36 Å². The fourth-order valence-electron chi connectivity index (χ4n) is 1.89. The SMILES string of the molecule is CC(C)S(=O)(=O)C(C)C(=O)NCCc1ccc(OC(F)(F)F)cc1. The van der Waals surface area contributed by atoms with Crippen LogP contribution in [-0.4, -0.2) is 37.7 Å². The van der Waals surface area contributed by atoms with Crippen LogP contribution in [0.4, 0.5) is 13.2 Å². The van der Waals surface area contributed by atoms with Crippen molar-refractivity contribution < 1.29 is 31.1 Å². The molecule has 5 nitrogen and oxygen atoms in total. The third-order valence-corrected chi connectivity index (χ3v) is 5.90. The second-order valence-electron chi connectivity index (χ2n) is 5.51. The molecule has 0 fully saturated rings. The Labute approximate surface area is 139 Å². The van der Waals surface area contributed by atoms with Crippen molar-refractivity contribution in [1.29, 1.82) is 0 Å². The molecule has 1 N–H and O–H groups in total. The smallest absolute Gasteiger partial charge is 0.406 e. The van der Waals surface area contributed by atoms with Crippen LogP contribution in [0.25, 0.3) is 0 Å². The van der Waals surface area contributed by atoms with E-state index in [1.165, 1.54) is 45.0 Å². The molecule has 1 aromatic carbocycles. The summed E-state index contributed by atoms with van der Waals surface area (Å²) in [7, 11) is -3.53. The number of rotatable bonds is 7. The van der Waals surface area contributed by atoms with Gasteiger partial charge in [0.05, 0.1) is 5.25 Å². The number of halogens is 3. The Kier molecular flexibility index (Phi) is 6.65. The lowest BCUT2D eigenvalue weighted by Gasteiger charge is -2.15. The Hall–Kier alpha value is -1.77. The van der Waals surface area contributed by atoms with Crippen LogP contribution in [0.1, 0.15) is 26.3 Å². The number of alkyl halides is 3. The van der Waals surface area contributed by atoms with Crippen molar-refractivity contribution in [2.75, 3.05) is 6.54 Å². The van der Waals surface area contributed by atoms with Gasteiger partial charge in [0.25, 0.3) is 0 Å². The molecule has 0 bridgehead atoms. The standard InChI is InChI=1S/C15H20F3NO4S/c1-10(2)24(21,22)11(3)14(20)19-9-8-12-4-6-13(7-5-12)23-15(16,17)18/h4-7,10-11H,8-9H2,1-3H3,(H,19,20). The van der Waals surface area contributed by atoms with Crippen LogP contribution in [0, 0.1) is 0 Å². The number of carbonyl (C=O) groups is 1. The van der Waals surface area contributed by atoms with Gasteiger partial charge in [0, 0.05) is 6.54 Å². The van der Waals surface area contributed by atoms with Crippen LogP contribution in [0.3, 0.4) is 0 Å². The van der Waals surface area contributed by atoms with E-state index in [1.54, 1.807) is 0 Å². The first kappa shape index (κ1) is 20.3. The zero-order chi connectivity index (χ0) is 18.5. The van der Waals surface area contributed by atoms with Gasteiger partial charge in [-0.05, 0) is 44.9 Å². The van der Waals surface area contributed by atoms with Crippen LogP contribution in [0.5, 0.6) is 5.75 Å². The highest BCUT2D eigenvalue weighted by molar-refractivity contribution is 7.93. The molecule has 0 spiro atoms. The maximum absolute atomic E-state index is 12.0. The molecule has 0 aliphatic rings. The monoisotopic (exact) mass is 367 g/mol. The Balaban J connectivity index is 2.52. The first-order valence-electron chi connectivity index (χ1n) is 7.28. The zero-order valence-electron chi connectivity index (χ0n) is 13.6. The fraction of sp³-hybridized carbons (Fsp3) is 0.533. The fourth-order valence-corrected chi connectivity index (χ4v) is 3.09. The molecule has 0 aliphatic heterocycles. The second-order valence-corrected chi connectivity index (χ2v) is 8.34. The van der Waals surface area contributed by atoms with Gasteiger partial charge in [-0.25, -0.2) is 8.42 Å².